The molecule has 5 heteroatoms. The van der Waals surface area contributed by atoms with E-state index in [1.54, 1.807) is 12.3 Å². The standard InChI is InChI=1S/C11H16N2O3/c1-2-13-8-9(5-6-11(13)16)12-10(15)4-3-7-14/h5-6,8,14H,2-4,7H2,1H3,(H,12,15). The molecule has 0 unspecified atom stereocenters. The zero-order chi connectivity index (χ0) is 12.0. The third kappa shape index (κ3) is 3.51. The Labute approximate surface area is 93.7 Å². The number of aliphatic hydroxyl groups excluding tert-OH is 1. The van der Waals surface area contributed by atoms with Crippen LogP contribution in [0.2, 0.25) is 0 Å². The van der Waals surface area contributed by atoms with Crippen molar-refractivity contribution in [1.29, 1.82) is 0 Å². The first kappa shape index (κ1) is 12.4. The van der Waals surface area contributed by atoms with E-state index in [0.717, 1.165) is 0 Å². The highest BCUT2D eigenvalue weighted by Crippen LogP contribution is 2.04. The Bertz CT molecular complexity index is 412. The van der Waals surface area contributed by atoms with Gasteiger partial charge in [0.1, 0.15) is 0 Å². The summed E-state index contributed by atoms with van der Waals surface area (Å²) in [4.78, 5) is 22.6. The number of hydrogen-bond acceptors (Lipinski definition) is 3. The molecule has 0 aliphatic rings. The molecule has 0 saturated heterocycles. The van der Waals surface area contributed by atoms with Gasteiger partial charge in [0.15, 0.2) is 0 Å². The maximum Gasteiger partial charge on any atom is 0.250 e. The fourth-order valence-corrected chi connectivity index (χ4v) is 1.32. The van der Waals surface area contributed by atoms with Crippen LogP contribution in [0.3, 0.4) is 0 Å². The highest BCUT2D eigenvalue weighted by Gasteiger charge is 2.02. The molecule has 2 N–H and O–H groups in total. The van der Waals surface area contributed by atoms with E-state index in [2.05, 4.69) is 5.32 Å². The quantitative estimate of drug-likeness (QED) is 0.768. The third-order valence-corrected chi connectivity index (χ3v) is 2.17. The maximum atomic E-state index is 11.3. The fourth-order valence-electron chi connectivity index (χ4n) is 1.32. The predicted octanol–water partition coefficient (Wildman–Crippen LogP) is 0.579. The molecule has 88 valence electrons. The number of nitrogens with one attached hydrogen (secondary N) is 1. The van der Waals surface area contributed by atoms with Gasteiger partial charge in [-0.05, 0) is 19.4 Å². The van der Waals surface area contributed by atoms with Crippen LogP contribution in [0.5, 0.6) is 0 Å². The predicted molar refractivity (Wildman–Crippen MR) is 61.3 cm³/mol. The van der Waals surface area contributed by atoms with Crippen molar-refractivity contribution in [3.8, 4) is 0 Å². The maximum absolute atomic E-state index is 11.3. The van der Waals surface area contributed by atoms with Crippen molar-refractivity contribution < 1.29 is 9.90 Å². The van der Waals surface area contributed by atoms with Gasteiger partial charge in [-0.3, -0.25) is 9.59 Å². The number of amides is 1. The van der Waals surface area contributed by atoms with Crippen molar-refractivity contribution in [2.45, 2.75) is 26.3 Å². The van der Waals surface area contributed by atoms with Crippen LogP contribution >= 0.6 is 0 Å². The molecule has 0 atom stereocenters. The van der Waals surface area contributed by atoms with Crippen LogP contribution in [0.1, 0.15) is 19.8 Å². The Morgan fingerprint density at radius 2 is 2.25 bits per heavy atom. The van der Waals surface area contributed by atoms with Crippen LogP contribution in [-0.2, 0) is 11.3 Å². The zero-order valence-electron chi connectivity index (χ0n) is 9.27. The fraction of sp³-hybridized carbons (Fsp3) is 0.455. The van der Waals surface area contributed by atoms with E-state index in [9.17, 15) is 9.59 Å². The summed E-state index contributed by atoms with van der Waals surface area (Å²) in [5, 5.41) is 11.2. The van der Waals surface area contributed by atoms with Crippen LogP contribution in [0.15, 0.2) is 23.1 Å². The van der Waals surface area contributed by atoms with Crippen LogP contribution < -0.4 is 10.9 Å². The Morgan fingerprint density at radius 1 is 1.50 bits per heavy atom. The van der Waals surface area contributed by atoms with E-state index in [1.165, 1.54) is 10.6 Å². The van der Waals surface area contributed by atoms with Gasteiger partial charge in [-0.2, -0.15) is 0 Å². The Balaban J connectivity index is 2.67. The molecule has 0 aliphatic heterocycles. The van der Waals surface area contributed by atoms with Gasteiger partial charge in [0.25, 0.3) is 5.56 Å². The summed E-state index contributed by atoms with van der Waals surface area (Å²) in [7, 11) is 0. The number of aryl methyl sites for hydroxylation is 1. The minimum Gasteiger partial charge on any atom is -0.396 e. The second-order valence-electron chi connectivity index (χ2n) is 3.42. The van der Waals surface area contributed by atoms with E-state index >= 15 is 0 Å². The summed E-state index contributed by atoms with van der Waals surface area (Å²) < 4.78 is 1.52. The van der Waals surface area contributed by atoms with Crippen LogP contribution in [0, 0.1) is 0 Å². The molecule has 1 heterocycles. The minimum absolute atomic E-state index is 0.00186. The number of rotatable bonds is 5. The Hall–Kier alpha value is -1.62. The summed E-state index contributed by atoms with van der Waals surface area (Å²) in [6.45, 7) is 2.43. The highest BCUT2D eigenvalue weighted by atomic mass is 16.3. The van der Waals surface area contributed by atoms with Gasteiger partial charge in [0, 0.05) is 31.8 Å². The van der Waals surface area contributed by atoms with Gasteiger partial charge in [-0.1, -0.05) is 0 Å². The van der Waals surface area contributed by atoms with Gasteiger partial charge in [-0.25, -0.2) is 0 Å². The first-order valence-corrected chi connectivity index (χ1v) is 5.28. The van der Waals surface area contributed by atoms with E-state index < -0.39 is 0 Å². The number of carbonyl (C=O) groups excluding carboxylic acids is 1. The molecule has 1 amide bonds. The molecule has 0 saturated carbocycles. The number of pyridine rings is 1. The van der Waals surface area contributed by atoms with Gasteiger partial charge < -0.3 is 15.0 Å². The van der Waals surface area contributed by atoms with Crippen molar-refractivity contribution in [3.63, 3.8) is 0 Å². The van der Waals surface area contributed by atoms with Crippen molar-refractivity contribution in [2.24, 2.45) is 0 Å². The van der Waals surface area contributed by atoms with Crippen molar-refractivity contribution in [2.75, 3.05) is 11.9 Å². The lowest BCUT2D eigenvalue weighted by Crippen LogP contribution is -2.19. The largest absolute Gasteiger partial charge is 0.396 e. The smallest absolute Gasteiger partial charge is 0.250 e. The van der Waals surface area contributed by atoms with Crippen LogP contribution in [0.4, 0.5) is 5.69 Å². The molecule has 1 rings (SSSR count). The SMILES string of the molecule is CCn1cc(NC(=O)CCCO)ccc1=O. The summed E-state index contributed by atoms with van der Waals surface area (Å²) in [6, 6.07) is 3.00. The summed E-state index contributed by atoms with van der Waals surface area (Å²) >= 11 is 0. The van der Waals surface area contributed by atoms with Gasteiger partial charge in [0.05, 0.1) is 5.69 Å². The number of nitrogens with zero attached hydrogens (tertiary/aromatic N) is 1. The van der Waals surface area contributed by atoms with E-state index in [1.807, 2.05) is 6.92 Å². The van der Waals surface area contributed by atoms with E-state index in [0.29, 0.717) is 18.7 Å². The topological polar surface area (TPSA) is 71.3 Å². The molecule has 0 aromatic carbocycles. The second kappa shape index (κ2) is 6.07. The first-order chi connectivity index (χ1) is 7.67. The van der Waals surface area contributed by atoms with Crippen molar-refractivity contribution in [1.82, 2.24) is 4.57 Å². The molecule has 16 heavy (non-hydrogen) atoms. The Morgan fingerprint density at radius 3 is 2.88 bits per heavy atom. The molecule has 5 nitrogen and oxygen atoms in total. The number of anilines is 1. The number of aromatic nitrogens is 1. The van der Waals surface area contributed by atoms with Crippen molar-refractivity contribution >= 4 is 11.6 Å². The highest BCUT2D eigenvalue weighted by molar-refractivity contribution is 5.90. The van der Waals surface area contributed by atoms with E-state index in [-0.39, 0.29) is 24.5 Å². The normalized spacial score (nSPS) is 10.1. The number of hydrogen-bond donors (Lipinski definition) is 2. The molecule has 0 radical (unpaired) electrons. The summed E-state index contributed by atoms with van der Waals surface area (Å²) in [6.07, 6.45) is 2.33. The monoisotopic (exact) mass is 224 g/mol. The molecule has 1 aromatic rings. The third-order valence-electron chi connectivity index (χ3n) is 2.17. The lowest BCUT2D eigenvalue weighted by atomic mass is 10.3. The molecule has 0 fully saturated rings. The van der Waals surface area contributed by atoms with Crippen molar-refractivity contribution in [3.05, 3.63) is 28.7 Å². The van der Waals surface area contributed by atoms with Gasteiger partial charge >= 0.3 is 0 Å². The molecule has 1 aromatic heterocycles. The lowest BCUT2D eigenvalue weighted by molar-refractivity contribution is -0.116. The van der Waals surface area contributed by atoms with Gasteiger partial charge in [-0.15, -0.1) is 0 Å². The van der Waals surface area contributed by atoms with Crippen LogP contribution in [0.25, 0.3) is 0 Å². The lowest BCUT2D eigenvalue weighted by Gasteiger charge is -2.07. The second-order valence-corrected chi connectivity index (χ2v) is 3.42. The first-order valence-electron chi connectivity index (χ1n) is 5.28. The molecule has 0 spiro atoms. The molecular weight excluding hydrogens is 208 g/mol. The number of carbonyl (C=O) groups is 1. The zero-order valence-corrected chi connectivity index (χ0v) is 9.27. The molecular formula is C11H16N2O3. The van der Waals surface area contributed by atoms with E-state index in [4.69, 9.17) is 5.11 Å². The summed E-state index contributed by atoms with van der Waals surface area (Å²) in [5.74, 6) is -0.157. The molecule has 0 aliphatic carbocycles. The van der Waals surface area contributed by atoms with Gasteiger partial charge in [0.2, 0.25) is 5.91 Å². The average Bonchev–Trinajstić information content (AvgIpc) is 2.29. The summed E-state index contributed by atoms with van der Waals surface area (Å²) in [5.41, 5.74) is 0.514. The minimum atomic E-state index is -0.157. The average molecular weight is 224 g/mol. The molecule has 0 bridgehead atoms. The Kier molecular flexibility index (Phi) is 4.72. The number of aliphatic hydroxyl groups is 1. The van der Waals surface area contributed by atoms with Crippen LogP contribution in [-0.4, -0.2) is 22.2 Å².